The quantitative estimate of drug-likeness (QED) is 0.613. The Morgan fingerprint density at radius 2 is 1.89 bits per heavy atom. The Bertz CT molecular complexity index is 977. The van der Waals surface area contributed by atoms with Crippen LogP contribution in [0.1, 0.15) is 63.6 Å². The van der Waals surface area contributed by atoms with Crippen LogP contribution in [0.2, 0.25) is 5.02 Å². The molecule has 0 fully saturated rings. The number of carbonyl (C=O) groups is 1. The van der Waals surface area contributed by atoms with Gasteiger partial charge in [0, 0.05) is 22.4 Å². The van der Waals surface area contributed by atoms with Crippen LogP contribution in [0.3, 0.4) is 0 Å². The van der Waals surface area contributed by atoms with Crippen LogP contribution in [-0.2, 0) is 10.2 Å². The smallest absolute Gasteiger partial charge is 0.168 e. The van der Waals surface area contributed by atoms with Gasteiger partial charge in [-0.05, 0) is 73.4 Å². The molecule has 0 spiro atoms. The van der Waals surface area contributed by atoms with Crippen molar-refractivity contribution in [1.82, 2.24) is 5.16 Å². The number of aryl methyl sites for hydroxylation is 3. The van der Waals surface area contributed by atoms with Crippen molar-refractivity contribution >= 4 is 23.1 Å². The number of ketones is 1. The van der Waals surface area contributed by atoms with E-state index >= 15 is 0 Å². The first kappa shape index (κ1) is 20.7. The molecule has 0 saturated carbocycles. The normalized spacial score (nSPS) is 20.5. The van der Waals surface area contributed by atoms with E-state index in [4.69, 9.17) is 16.1 Å². The highest BCUT2D eigenvalue weighted by Gasteiger charge is 2.50. The van der Waals surface area contributed by atoms with Gasteiger partial charge >= 0.3 is 0 Å². The van der Waals surface area contributed by atoms with E-state index in [1.165, 1.54) is 5.57 Å². The maximum atomic E-state index is 13.6. The summed E-state index contributed by atoms with van der Waals surface area (Å²) in [5.74, 6) is 0.863. The Labute approximate surface area is 172 Å². The predicted molar refractivity (Wildman–Crippen MR) is 115 cm³/mol. The molecule has 150 valence electrons. The summed E-state index contributed by atoms with van der Waals surface area (Å²) in [5, 5.41) is 8.12. The predicted octanol–water partition coefficient (Wildman–Crippen LogP) is 6.31. The summed E-state index contributed by atoms with van der Waals surface area (Å²) in [6.07, 6.45) is 2.73. The highest BCUT2D eigenvalue weighted by Crippen LogP contribution is 2.51. The molecule has 1 atom stereocenters. The fourth-order valence-electron chi connectivity index (χ4n) is 4.30. The first-order valence-corrected chi connectivity index (χ1v) is 10.0. The minimum absolute atomic E-state index is 0.141. The van der Waals surface area contributed by atoms with Gasteiger partial charge in [0.1, 0.15) is 5.76 Å². The van der Waals surface area contributed by atoms with Crippen molar-refractivity contribution in [1.29, 1.82) is 0 Å². The van der Waals surface area contributed by atoms with Crippen molar-refractivity contribution in [2.75, 3.05) is 5.32 Å². The topological polar surface area (TPSA) is 55.1 Å². The molecule has 4 nitrogen and oxygen atoms in total. The zero-order valence-corrected chi connectivity index (χ0v) is 18.8. The molecule has 0 radical (unpaired) electrons. The van der Waals surface area contributed by atoms with E-state index in [-0.39, 0.29) is 5.78 Å². The van der Waals surface area contributed by atoms with Crippen LogP contribution in [-0.4, -0.2) is 16.5 Å². The average Bonchev–Trinajstić information content (AvgIpc) is 2.93. The molecule has 0 saturated heterocycles. The van der Waals surface area contributed by atoms with Gasteiger partial charge in [0.15, 0.2) is 5.78 Å². The van der Waals surface area contributed by atoms with Gasteiger partial charge in [0.05, 0.1) is 21.7 Å². The lowest BCUT2D eigenvalue weighted by Crippen LogP contribution is -2.55. The maximum Gasteiger partial charge on any atom is 0.168 e. The zero-order valence-electron chi connectivity index (χ0n) is 18.0. The second-order valence-corrected chi connectivity index (χ2v) is 9.28. The van der Waals surface area contributed by atoms with Crippen LogP contribution in [0.15, 0.2) is 22.2 Å². The Morgan fingerprint density at radius 1 is 1.25 bits per heavy atom. The van der Waals surface area contributed by atoms with Crippen LogP contribution < -0.4 is 5.32 Å². The third kappa shape index (κ3) is 3.08. The minimum atomic E-state index is -0.724. The lowest BCUT2D eigenvalue weighted by molar-refractivity contribution is -0.128. The lowest BCUT2D eigenvalue weighted by atomic mass is 9.65. The van der Waals surface area contributed by atoms with E-state index in [1.54, 1.807) is 0 Å². The highest BCUT2D eigenvalue weighted by atomic mass is 35.5. The molecule has 0 aliphatic carbocycles. The Morgan fingerprint density at radius 3 is 2.43 bits per heavy atom. The van der Waals surface area contributed by atoms with Crippen molar-refractivity contribution in [3.05, 3.63) is 45.3 Å². The largest absolute Gasteiger partial charge is 0.373 e. The number of fused-ring (bicyclic) bond motifs is 1. The molecule has 2 heterocycles. The van der Waals surface area contributed by atoms with Crippen LogP contribution in [0.5, 0.6) is 0 Å². The number of hydrogen-bond acceptors (Lipinski definition) is 4. The van der Waals surface area contributed by atoms with E-state index in [9.17, 15) is 4.79 Å². The van der Waals surface area contributed by atoms with E-state index < -0.39 is 11.0 Å². The lowest BCUT2D eigenvalue weighted by Gasteiger charge is -2.45. The van der Waals surface area contributed by atoms with Gasteiger partial charge in [0.25, 0.3) is 0 Å². The minimum Gasteiger partial charge on any atom is -0.373 e. The Kier molecular flexibility index (Phi) is 4.99. The van der Waals surface area contributed by atoms with Crippen LogP contribution in [0.25, 0.3) is 11.1 Å². The summed E-state index contributed by atoms with van der Waals surface area (Å²) in [5.41, 5.74) is 5.22. The number of rotatable bonds is 3. The third-order valence-corrected chi connectivity index (χ3v) is 6.13. The Balaban J connectivity index is 2.37. The zero-order chi connectivity index (χ0) is 21.0. The molecule has 1 unspecified atom stereocenters. The summed E-state index contributed by atoms with van der Waals surface area (Å²) in [6.45, 7) is 15.8. The van der Waals surface area contributed by atoms with E-state index in [0.717, 1.165) is 39.4 Å². The van der Waals surface area contributed by atoms with Crippen molar-refractivity contribution in [3.8, 4) is 11.1 Å². The van der Waals surface area contributed by atoms with Crippen molar-refractivity contribution < 1.29 is 9.32 Å². The average molecular weight is 401 g/mol. The number of Topliss-reactive ketones (excluding diaryl/α,β-unsaturated/α-hetero) is 1. The van der Waals surface area contributed by atoms with Gasteiger partial charge in [-0.25, -0.2) is 0 Å². The van der Waals surface area contributed by atoms with Gasteiger partial charge in [0.2, 0.25) is 0 Å². The first-order valence-electron chi connectivity index (χ1n) is 9.63. The first-order chi connectivity index (χ1) is 12.9. The number of benzene rings is 1. The molecule has 1 aromatic heterocycles. The van der Waals surface area contributed by atoms with Crippen molar-refractivity contribution in [2.24, 2.45) is 0 Å². The van der Waals surface area contributed by atoms with Crippen LogP contribution in [0, 0.1) is 20.8 Å². The number of nitrogens with zero attached hydrogens (tertiary/aromatic N) is 1. The number of aromatic nitrogens is 1. The molecule has 3 rings (SSSR count). The molecule has 28 heavy (non-hydrogen) atoms. The van der Waals surface area contributed by atoms with Gasteiger partial charge in [-0.2, -0.15) is 0 Å². The second-order valence-electron chi connectivity index (χ2n) is 8.90. The highest BCUT2D eigenvalue weighted by molar-refractivity contribution is 6.35. The SMILES string of the molecule is CC(C)=CCC1(C)C(=O)C(C)(C)Nc2c(C)cc(-c3c(C)noc3C)c(Cl)c21. The molecule has 0 amide bonds. The summed E-state index contributed by atoms with van der Waals surface area (Å²) in [7, 11) is 0. The summed E-state index contributed by atoms with van der Waals surface area (Å²) in [4.78, 5) is 13.6. The third-order valence-electron chi connectivity index (χ3n) is 5.74. The fourth-order valence-corrected chi connectivity index (χ4v) is 4.75. The monoisotopic (exact) mass is 400 g/mol. The molecule has 1 aromatic carbocycles. The van der Waals surface area contributed by atoms with Crippen LogP contribution >= 0.6 is 11.6 Å². The van der Waals surface area contributed by atoms with Gasteiger partial charge in [-0.15, -0.1) is 0 Å². The summed E-state index contributed by atoms with van der Waals surface area (Å²) in [6, 6.07) is 2.06. The molecule has 5 heteroatoms. The number of allylic oxidation sites excluding steroid dienone is 2. The van der Waals surface area contributed by atoms with Gasteiger partial charge in [-0.1, -0.05) is 28.4 Å². The van der Waals surface area contributed by atoms with Crippen molar-refractivity contribution in [2.45, 2.75) is 72.8 Å². The van der Waals surface area contributed by atoms with E-state index in [1.807, 2.05) is 48.5 Å². The second kappa shape index (κ2) is 6.77. The number of hydrogen-bond donors (Lipinski definition) is 1. The van der Waals surface area contributed by atoms with Crippen molar-refractivity contribution in [3.63, 3.8) is 0 Å². The number of nitrogens with one attached hydrogen (secondary N) is 1. The molecule has 1 N–H and O–H groups in total. The van der Waals surface area contributed by atoms with E-state index in [0.29, 0.717) is 11.4 Å². The molecule has 1 aliphatic rings. The Hall–Kier alpha value is -2.07. The molecule has 2 aromatic rings. The number of halogens is 1. The molecule has 0 bridgehead atoms. The van der Waals surface area contributed by atoms with Gasteiger partial charge < -0.3 is 9.84 Å². The van der Waals surface area contributed by atoms with E-state index in [2.05, 4.69) is 29.5 Å². The summed E-state index contributed by atoms with van der Waals surface area (Å²) < 4.78 is 5.37. The summed E-state index contributed by atoms with van der Waals surface area (Å²) >= 11 is 7.01. The molecular formula is C23H29ClN2O2. The molecular weight excluding hydrogens is 372 g/mol. The molecule has 1 aliphatic heterocycles. The van der Waals surface area contributed by atoms with Crippen LogP contribution in [0.4, 0.5) is 5.69 Å². The maximum absolute atomic E-state index is 13.6. The standard InChI is InChI=1S/C23H29ClN2O2/c1-12(2)9-10-23(8)18-19(24)16(17-14(4)26-28-15(17)5)11-13(3)20(18)25-22(6,7)21(23)27/h9,11,25H,10H2,1-8H3. The van der Waals surface area contributed by atoms with Gasteiger partial charge in [-0.3, -0.25) is 4.79 Å². The fraction of sp³-hybridized carbons (Fsp3) is 0.478. The number of carbonyl (C=O) groups excluding carboxylic acids is 1. The number of anilines is 1.